The SMILES string of the molecule is Fc1cccc(C2CNCCC23CCCCCC3)c1. The molecule has 1 saturated carbocycles. The molecule has 0 radical (unpaired) electrons. The maximum Gasteiger partial charge on any atom is 0.123 e. The normalized spacial score (nSPS) is 27.1. The fourth-order valence-corrected chi connectivity index (χ4v) is 4.20. The highest BCUT2D eigenvalue weighted by Crippen LogP contribution is 2.50. The van der Waals surface area contributed by atoms with Crippen LogP contribution in [-0.2, 0) is 0 Å². The predicted octanol–water partition coefficient (Wildman–Crippen LogP) is 4.24. The van der Waals surface area contributed by atoms with Gasteiger partial charge in [0, 0.05) is 12.5 Å². The molecule has 1 N–H and O–H groups in total. The molecule has 2 heteroatoms. The molecule has 2 fully saturated rings. The van der Waals surface area contributed by atoms with Crippen molar-refractivity contribution in [3.8, 4) is 0 Å². The standard InChI is InChI=1S/C17H24FN/c18-15-7-5-6-14(12-15)16-13-19-11-10-17(16)8-3-1-2-4-9-17/h5-7,12,16,19H,1-4,8-11,13H2. The monoisotopic (exact) mass is 261 g/mol. The van der Waals surface area contributed by atoms with Gasteiger partial charge < -0.3 is 5.32 Å². The van der Waals surface area contributed by atoms with Gasteiger partial charge in [-0.1, -0.05) is 37.8 Å². The predicted molar refractivity (Wildman–Crippen MR) is 76.8 cm³/mol. The van der Waals surface area contributed by atoms with Crippen molar-refractivity contribution in [2.24, 2.45) is 5.41 Å². The molecule has 1 aliphatic carbocycles. The summed E-state index contributed by atoms with van der Waals surface area (Å²) in [6.45, 7) is 2.15. The second-order valence-corrected chi connectivity index (χ2v) is 6.34. The lowest BCUT2D eigenvalue weighted by Crippen LogP contribution is -2.43. The average Bonchev–Trinajstić information content (AvgIpc) is 2.66. The van der Waals surface area contributed by atoms with Crippen LogP contribution in [0, 0.1) is 11.2 Å². The Morgan fingerprint density at radius 3 is 2.58 bits per heavy atom. The molecule has 1 aromatic carbocycles. The van der Waals surface area contributed by atoms with E-state index in [1.165, 1.54) is 50.5 Å². The molecule has 1 heterocycles. The summed E-state index contributed by atoms with van der Waals surface area (Å²) >= 11 is 0. The van der Waals surface area contributed by atoms with Crippen molar-refractivity contribution >= 4 is 0 Å². The Kier molecular flexibility index (Phi) is 3.88. The topological polar surface area (TPSA) is 12.0 Å². The third-order valence-electron chi connectivity index (χ3n) is 5.24. The second kappa shape index (κ2) is 5.62. The van der Waals surface area contributed by atoms with E-state index in [9.17, 15) is 4.39 Å². The number of hydrogen-bond acceptors (Lipinski definition) is 1. The molecule has 104 valence electrons. The minimum atomic E-state index is -0.0909. The highest BCUT2D eigenvalue weighted by molar-refractivity contribution is 5.25. The van der Waals surface area contributed by atoms with Crippen molar-refractivity contribution in [2.45, 2.75) is 50.9 Å². The lowest BCUT2D eigenvalue weighted by atomic mass is 9.64. The lowest BCUT2D eigenvalue weighted by Gasteiger charge is -2.45. The molecule has 0 aromatic heterocycles. The second-order valence-electron chi connectivity index (χ2n) is 6.34. The van der Waals surface area contributed by atoms with Gasteiger partial charge in [-0.2, -0.15) is 0 Å². The van der Waals surface area contributed by atoms with Crippen LogP contribution in [0.2, 0.25) is 0 Å². The van der Waals surface area contributed by atoms with E-state index in [2.05, 4.69) is 11.4 Å². The summed E-state index contributed by atoms with van der Waals surface area (Å²) in [6.07, 6.45) is 9.38. The summed E-state index contributed by atoms with van der Waals surface area (Å²) in [5.41, 5.74) is 1.63. The van der Waals surface area contributed by atoms with Gasteiger partial charge in [0.05, 0.1) is 0 Å². The van der Waals surface area contributed by atoms with Crippen LogP contribution < -0.4 is 5.32 Å². The summed E-state index contributed by atoms with van der Waals surface area (Å²) in [4.78, 5) is 0. The number of nitrogens with one attached hydrogen (secondary N) is 1. The minimum absolute atomic E-state index is 0.0909. The van der Waals surface area contributed by atoms with Gasteiger partial charge in [-0.05, 0) is 48.9 Å². The fourth-order valence-electron chi connectivity index (χ4n) is 4.20. The zero-order valence-electron chi connectivity index (χ0n) is 11.6. The van der Waals surface area contributed by atoms with Crippen molar-refractivity contribution < 1.29 is 4.39 Å². The van der Waals surface area contributed by atoms with Crippen molar-refractivity contribution in [3.05, 3.63) is 35.6 Å². The molecule has 1 saturated heterocycles. The average molecular weight is 261 g/mol. The van der Waals surface area contributed by atoms with Gasteiger partial charge in [0.15, 0.2) is 0 Å². The Labute approximate surface area is 115 Å². The molecule has 0 bridgehead atoms. The van der Waals surface area contributed by atoms with Gasteiger partial charge in [0.1, 0.15) is 5.82 Å². The summed E-state index contributed by atoms with van der Waals surface area (Å²) in [5, 5.41) is 3.52. The molecular formula is C17H24FN. The Morgan fingerprint density at radius 2 is 1.84 bits per heavy atom. The van der Waals surface area contributed by atoms with Crippen LogP contribution in [0.5, 0.6) is 0 Å². The van der Waals surface area contributed by atoms with E-state index in [1.54, 1.807) is 12.1 Å². The van der Waals surface area contributed by atoms with Gasteiger partial charge in [-0.3, -0.25) is 0 Å². The van der Waals surface area contributed by atoms with E-state index in [0.717, 1.165) is 13.1 Å². The van der Waals surface area contributed by atoms with Crippen LogP contribution in [0.3, 0.4) is 0 Å². The molecule has 1 atom stereocenters. The first-order valence-corrected chi connectivity index (χ1v) is 7.76. The molecule has 1 spiro atoms. The highest BCUT2D eigenvalue weighted by Gasteiger charge is 2.41. The Balaban J connectivity index is 1.91. The number of rotatable bonds is 1. The van der Waals surface area contributed by atoms with Gasteiger partial charge in [0.2, 0.25) is 0 Å². The summed E-state index contributed by atoms with van der Waals surface area (Å²) < 4.78 is 13.5. The van der Waals surface area contributed by atoms with Crippen LogP contribution in [-0.4, -0.2) is 13.1 Å². The van der Waals surface area contributed by atoms with E-state index in [0.29, 0.717) is 11.3 Å². The number of halogens is 1. The molecule has 1 unspecified atom stereocenters. The highest BCUT2D eigenvalue weighted by atomic mass is 19.1. The van der Waals surface area contributed by atoms with E-state index in [1.807, 2.05) is 6.07 Å². The van der Waals surface area contributed by atoms with Crippen LogP contribution in [0.1, 0.15) is 56.4 Å². The quantitative estimate of drug-likeness (QED) is 0.797. The Hall–Kier alpha value is -0.890. The van der Waals surface area contributed by atoms with Gasteiger partial charge >= 0.3 is 0 Å². The van der Waals surface area contributed by atoms with E-state index >= 15 is 0 Å². The molecule has 19 heavy (non-hydrogen) atoms. The van der Waals surface area contributed by atoms with Crippen LogP contribution >= 0.6 is 0 Å². The van der Waals surface area contributed by atoms with Gasteiger partial charge in [-0.15, -0.1) is 0 Å². The van der Waals surface area contributed by atoms with Crippen molar-refractivity contribution in [1.29, 1.82) is 0 Å². The minimum Gasteiger partial charge on any atom is -0.316 e. The maximum atomic E-state index is 13.5. The molecule has 3 rings (SSSR count). The van der Waals surface area contributed by atoms with Gasteiger partial charge in [0.25, 0.3) is 0 Å². The Bertz CT molecular complexity index is 421. The number of piperidine rings is 1. The smallest absolute Gasteiger partial charge is 0.123 e. The Morgan fingerprint density at radius 1 is 1.05 bits per heavy atom. The number of hydrogen-bond donors (Lipinski definition) is 1. The van der Waals surface area contributed by atoms with E-state index in [4.69, 9.17) is 0 Å². The van der Waals surface area contributed by atoms with E-state index in [-0.39, 0.29) is 5.82 Å². The molecular weight excluding hydrogens is 237 g/mol. The van der Waals surface area contributed by atoms with Crippen molar-refractivity contribution in [3.63, 3.8) is 0 Å². The summed E-state index contributed by atoms with van der Waals surface area (Å²) in [6, 6.07) is 7.29. The summed E-state index contributed by atoms with van der Waals surface area (Å²) in [5.74, 6) is 0.405. The maximum absolute atomic E-state index is 13.5. The zero-order valence-corrected chi connectivity index (χ0v) is 11.6. The first-order chi connectivity index (χ1) is 9.30. The third kappa shape index (κ3) is 2.69. The molecule has 2 aliphatic rings. The van der Waals surface area contributed by atoms with Crippen LogP contribution in [0.25, 0.3) is 0 Å². The fraction of sp³-hybridized carbons (Fsp3) is 0.647. The number of benzene rings is 1. The lowest BCUT2D eigenvalue weighted by molar-refractivity contribution is 0.136. The molecule has 1 aromatic rings. The first-order valence-electron chi connectivity index (χ1n) is 7.76. The molecule has 1 aliphatic heterocycles. The molecule has 1 nitrogen and oxygen atoms in total. The largest absolute Gasteiger partial charge is 0.316 e. The third-order valence-corrected chi connectivity index (χ3v) is 5.24. The van der Waals surface area contributed by atoms with Crippen LogP contribution in [0.15, 0.2) is 24.3 Å². The molecule has 0 amide bonds. The van der Waals surface area contributed by atoms with Gasteiger partial charge in [-0.25, -0.2) is 4.39 Å². The first kappa shape index (κ1) is 13.1. The van der Waals surface area contributed by atoms with E-state index < -0.39 is 0 Å². The van der Waals surface area contributed by atoms with Crippen LogP contribution in [0.4, 0.5) is 4.39 Å². The summed E-state index contributed by atoms with van der Waals surface area (Å²) in [7, 11) is 0. The van der Waals surface area contributed by atoms with Crippen molar-refractivity contribution in [1.82, 2.24) is 5.32 Å². The van der Waals surface area contributed by atoms with Crippen molar-refractivity contribution in [2.75, 3.05) is 13.1 Å². The zero-order chi connectivity index (χ0) is 13.1.